The number of amides is 2. The summed E-state index contributed by atoms with van der Waals surface area (Å²) in [4.78, 5) is 31.7. The number of fused-ring (bicyclic) bond motifs is 3. The third-order valence-electron chi connectivity index (χ3n) is 7.21. The molecule has 36 heavy (non-hydrogen) atoms. The molecular formula is C29H36N4O3. The van der Waals surface area contributed by atoms with Crippen LogP contribution in [0.25, 0.3) is 10.9 Å². The van der Waals surface area contributed by atoms with Crippen molar-refractivity contribution in [3.05, 3.63) is 65.4 Å². The normalized spacial score (nSPS) is 16.9. The molecule has 0 saturated carbocycles. The smallest absolute Gasteiger partial charge is 0.410 e. The largest absolute Gasteiger partial charge is 0.444 e. The third kappa shape index (κ3) is 4.98. The van der Waals surface area contributed by atoms with Crippen LogP contribution in [-0.4, -0.2) is 64.7 Å². The van der Waals surface area contributed by atoms with E-state index in [9.17, 15) is 9.59 Å². The van der Waals surface area contributed by atoms with Crippen LogP contribution in [0.4, 0.5) is 10.5 Å². The maximum atomic E-state index is 13.1. The molecule has 1 fully saturated rings. The molecule has 0 bridgehead atoms. The van der Waals surface area contributed by atoms with Crippen molar-refractivity contribution in [2.45, 2.75) is 45.8 Å². The number of nitrogens with zero attached hydrogens (tertiary/aromatic N) is 4. The van der Waals surface area contributed by atoms with Gasteiger partial charge >= 0.3 is 6.09 Å². The number of piperazine rings is 1. The number of hydrogen-bond acceptors (Lipinski definition) is 4. The Morgan fingerprint density at radius 1 is 1.00 bits per heavy atom. The van der Waals surface area contributed by atoms with Gasteiger partial charge in [0.25, 0.3) is 0 Å². The van der Waals surface area contributed by atoms with Crippen LogP contribution < -0.4 is 4.90 Å². The fourth-order valence-corrected chi connectivity index (χ4v) is 5.33. The summed E-state index contributed by atoms with van der Waals surface area (Å²) in [6.07, 6.45) is 1.47. The zero-order chi connectivity index (χ0) is 25.4. The summed E-state index contributed by atoms with van der Waals surface area (Å²) in [7, 11) is 2.08. The van der Waals surface area contributed by atoms with Crippen molar-refractivity contribution in [3.63, 3.8) is 0 Å². The monoisotopic (exact) mass is 488 g/mol. The van der Waals surface area contributed by atoms with Gasteiger partial charge in [-0.2, -0.15) is 0 Å². The number of ether oxygens (including phenoxy) is 1. The highest BCUT2D eigenvalue weighted by Gasteiger charge is 2.30. The number of carbonyl (C=O) groups is 2. The fraction of sp³-hybridized carbons (Fsp3) is 0.448. The zero-order valence-corrected chi connectivity index (χ0v) is 21.8. The summed E-state index contributed by atoms with van der Waals surface area (Å²) in [5.41, 5.74) is 5.26. The van der Waals surface area contributed by atoms with Crippen LogP contribution in [0.15, 0.2) is 48.5 Å². The Morgan fingerprint density at radius 2 is 1.78 bits per heavy atom. The van der Waals surface area contributed by atoms with Gasteiger partial charge in [0.1, 0.15) is 5.60 Å². The minimum atomic E-state index is -0.511. The minimum absolute atomic E-state index is 0.142. The van der Waals surface area contributed by atoms with Crippen molar-refractivity contribution >= 4 is 28.6 Å². The Morgan fingerprint density at radius 3 is 2.50 bits per heavy atom. The van der Waals surface area contributed by atoms with Crippen molar-refractivity contribution in [2.75, 3.05) is 37.6 Å². The quantitative estimate of drug-likeness (QED) is 0.548. The van der Waals surface area contributed by atoms with Crippen LogP contribution in [0.1, 0.15) is 37.6 Å². The van der Waals surface area contributed by atoms with Gasteiger partial charge < -0.3 is 19.1 Å². The van der Waals surface area contributed by atoms with E-state index in [1.54, 1.807) is 4.90 Å². The van der Waals surface area contributed by atoms with Crippen molar-refractivity contribution in [2.24, 2.45) is 7.05 Å². The Labute approximate surface area is 213 Å². The molecule has 3 aromatic rings. The zero-order valence-electron chi connectivity index (χ0n) is 21.8. The molecule has 0 atom stereocenters. The van der Waals surface area contributed by atoms with E-state index in [2.05, 4.69) is 52.9 Å². The number of aryl methyl sites for hydroxylation is 1. The van der Waals surface area contributed by atoms with Crippen LogP contribution in [0.5, 0.6) is 0 Å². The summed E-state index contributed by atoms with van der Waals surface area (Å²) in [5.74, 6) is 0.142. The number of anilines is 1. The fourth-order valence-electron chi connectivity index (χ4n) is 5.33. The Hall–Kier alpha value is -3.32. The second-order valence-electron chi connectivity index (χ2n) is 10.9. The highest BCUT2D eigenvalue weighted by Crippen LogP contribution is 2.33. The van der Waals surface area contributed by atoms with E-state index in [1.165, 1.54) is 16.8 Å². The first kappa shape index (κ1) is 24.4. The lowest BCUT2D eigenvalue weighted by Crippen LogP contribution is -2.50. The van der Waals surface area contributed by atoms with Crippen molar-refractivity contribution in [1.29, 1.82) is 0 Å². The van der Waals surface area contributed by atoms with Crippen molar-refractivity contribution < 1.29 is 14.3 Å². The molecule has 2 amide bonds. The highest BCUT2D eigenvalue weighted by molar-refractivity contribution is 5.98. The first-order chi connectivity index (χ1) is 17.2. The molecule has 1 aromatic heterocycles. The molecular weight excluding hydrogens is 452 g/mol. The Bertz CT molecular complexity index is 1280. The first-order valence-corrected chi connectivity index (χ1v) is 12.8. The molecule has 1 saturated heterocycles. The molecule has 0 radical (unpaired) electrons. The predicted octanol–water partition coefficient (Wildman–Crippen LogP) is 4.36. The molecule has 0 aliphatic carbocycles. The lowest BCUT2D eigenvalue weighted by molar-refractivity contribution is -0.121. The molecule has 5 rings (SSSR count). The molecule has 0 spiro atoms. The lowest BCUT2D eigenvalue weighted by atomic mass is 10.0. The standard InChI is InChI=1S/C29H36N4O3/c1-29(2,3)36-28(35)32-15-13-25-24(19-32)23-11-10-22(18-26(23)30(25)4)33-17-16-31(20-27(33)34)14-12-21-8-6-5-7-9-21/h5-11,18H,12-17,19-20H2,1-4H3. The SMILES string of the molecule is Cn1c2c(c3ccc(N4CCN(CCc5ccccc5)CC4=O)cc31)CN(C(=O)OC(C)(C)C)CC2. The van der Waals surface area contributed by atoms with Gasteiger partial charge in [-0.1, -0.05) is 36.4 Å². The number of aromatic nitrogens is 1. The lowest BCUT2D eigenvalue weighted by Gasteiger charge is -2.34. The topological polar surface area (TPSA) is 58.0 Å². The highest BCUT2D eigenvalue weighted by atomic mass is 16.6. The Kier molecular flexibility index (Phi) is 6.51. The average molecular weight is 489 g/mol. The van der Waals surface area contributed by atoms with Gasteiger partial charge in [-0.05, 0) is 44.9 Å². The maximum absolute atomic E-state index is 13.1. The third-order valence-corrected chi connectivity index (χ3v) is 7.21. The maximum Gasteiger partial charge on any atom is 0.410 e. The first-order valence-electron chi connectivity index (χ1n) is 12.8. The van der Waals surface area contributed by atoms with Gasteiger partial charge in [-0.3, -0.25) is 9.69 Å². The Balaban J connectivity index is 1.29. The molecule has 2 aliphatic rings. The molecule has 2 aliphatic heterocycles. The summed E-state index contributed by atoms with van der Waals surface area (Å²) < 4.78 is 7.83. The second kappa shape index (κ2) is 9.62. The van der Waals surface area contributed by atoms with Crippen molar-refractivity contribution in [3.8, 4) is 0 Å². The van der Waals surface area contributed by atoms with Gasteiger partial charge in [0.2, 0.25) is 5.91 Å². The molecule has 7 heteroatoms. The molecule has 0 unspecified atom stereocenters. The van der Waals surface area contributed by atoms with Crippen LogP contribution in [0.3, 0.4) is 0 Å². The number of rotatable bonds is 4. The summed E-state index contributed by atoms with van der Waals surface area (Å²) in [6.45, 7) is 9.75. The minimum Gasteiger partial charge on any atom is -0.444 e. The van der Waals surface area contributed by atoms with Crippen LogP contribution >= 0.6 is 0 Å². The van der Waals surface area contributed by atoms with Gasteiger partial charge in [-0.25, -0.2) is 4.79 Å². The number of carbonyl (C=O) groups excluding carboxylic acids is 2. The van der Waals surface area contributed by atoms with E-state index in [1.807, 2.05) is 37.8 Å². The van der Waals surface area contributed by atoms with Crippen LogP contribution in [0, 0.1) is 0 Å². The van der Waals surface area contributed by atoms with Gasteiger partial charge in [0.15, 0.2) is 0 Å². The second-order valence-corrected chi connectivity index (χ2v) is 10.9. The van der Waals surface area contributed by atoms with E-state index in [4.69, 9.17) is 4.74 Å². The van der Waals surface area contributed by atoms with Gasteiger partial charge in [-0.15, -0.1) is 0 Å². The predicted molar refractivity (Wildman–Crippen MR) is 142 cm³/mol. The van der Waals surface area contributed by atoms with E-state index in [0.29, 0.717) is 26.2 Å². The van der Waals surface area contributed by atoms with Crippen LogP contribution in [-0.2, 0) is 36.0 Å². The van der Waals surface area contributed by atoms with E-state index in [0.717, 1.165) is 42.5 Å². The van der Waals surface area contributed by atoms with E-state index >= 15 is 0 Å². The molecule has 190 valence electrons. The van der Waals surface area contributed by atoms with E-state index < -0.39 is 5.60 Å². The van der Waals surface area contributed by atoms with Crippen molar-refractivity contribution in [1.82, 2.24) is 14.4 Å². The number of benzene rings is 2. The molecule has 3 heterocycles. The average Bonchev–Trinajstić information content (AvgIpc) is 3.13. The van der Waals surface area contributed by atoms with E-state index in [-0.39, 0.29) is 12.0 Å². The summed E-state index contributed by atoms with van der Waals surface area (Å²) >= 11 is 0. The summed E-state index contributed by atoms with van der Waals surface area (Å²) in [5, 5.41) is 1.14. The van der Waals surface area contributed by atoms with Gasteiger partial charge in [0, 0.05) is 62.0 Å². The van der Waals surface area contributed by atoms with Crippen LogP contribution in [0.2, 0.25) is 0 Å². The summed E-state index contributed by atoms with van der Waals surface area (Å²) in [6, 6.07) is 16.7. The molecule has 2 aromatic carbocycles. The molecule has 0 N–H and O–H groups in total. The number of hydrogen-bond donors (Lipinski definition) is 0. The molecule has 7 nitrogen and oxygen atoms in total. The van der Waals surface area contributed by atoms with Gasteiger partial charge in [0.05, 0.1) is 18.6 Å².